The van der Waals surface area contributed by atoms with Crippen LogP contribution >= 0.6 is 0 Å². The Bertz CT molecular complexity index is 1450. The number of benzene rings is 3. The fraction of sp³-hybridized carbons (Fsp3) is 0.333. The molecule has 1 heterocycles. The molecule has 0 unspecified atom stereocenters. The van der Waals surface area contributed by atoms with Crippen molar-refractivity contribution in [2.24, 2.45) is 0 Å². The summed E-state index contributed by atoms with van der Waals surface area (Å²) in [5, 5.41) is 11.6. The van der Waals surface area contributed by atoms with Crippen molar-refractivity contribution in [2.45, 2.75) is 51.2 Å². The summed E-state index contributed by atoms with van der Waals surface area (Å²) in [5.74, 6) is 0.550. The number of rotatable bonds is 10. The molecule has 1 atom stereocenters. The summed E-state index contributed by atoms with van der Waals surface area (Å²) in [6.45, 7) is 2.21. The molecule has 9 heteroatoms. The molecule has 202 valence electrons. The SMILES string of the molecule is CCOc1ccccc1[C@@H](C(=O)NC1CCCC1)N(C(=O)Cn1nnc2ccccc21)c1cccc(OC)c1. The van der Waals surface area contributed by atoms with Gasteiger partial charge in [-0.3, -0.25) is 14.5 Å². The number of fused-ring (bicyclic) bond motifs is 1. The summed E-state index contributed by atoms with van der Waals surface area (Å²) in [7, 11) is 1.57. The van der Waals surface area contributed by atoms with E-state index in [9.17, 15) is 9.59 Å². The van der Waals surface area contributed by atoms with Crippen LogP contribution in [-0.4, -0.2) is 46.6 Å². The van der Waals surface area contributed by atoms with Gasteiger partial charge < -0.3 is 14.8 Å². The number of nitrogens with zero attached hydrogens (tertiary/aromatic N) is 4. The Balaban J connectivity index is 1.62. The van der Waals surface area contributed by atoms with E-state index in [1.807, 2.05) is 55.5 Å². The van der Waals surface area contributed by atoms with Crippen LogP contribution in [0, 0.1) is 0 Å². The van der Waals surface area contributed by atoms with Gasteiger partial charge in [-0.25, -0.2) is 4.68 Å². The number of amides is 2. The van der Waals surface area contributed by atoms with Gasteiger partial charge >= 0.3 is 0 Å². The number of methoxy groups -OCH3 is 1. The van der Waals surface area contributed by atoms with E-state index in [0.29, 0.717) is 34.9 Å². The van der Waals surface area contributed by atoms with Crippen molar-refractivity contribution in [1.82, 2.24) is 20.3 Å². The first-order chi connectivity index (χ1) is 19.1. The molecule has 1 N–H and O–H groups in total. The maximum Gasteiger partial charge on any atom is 0.249 e. The Morgan fingerprint density at radius 1 is 1.05 bits per heavy atom. The minimum atomic E-state index is -0.984. The van der Waals surface area contributed by atoms with Crippen LogP contribution in [0.2, 0.25) is 0 Å². The Hall–Kier alpha value is -4.40. The zero-order valence-corrected chi connectivity index (χ0v) is 22.2. The topological polar surface area (TPSA) is 98.6 Å². The molecule has 0 radical (unpaired) electrons. The lowest BCUT2D eigenvalue weighted by atomic mass is 10.0. The molecule has 2 amide bonds. The number of carbonyl (C=O) groups excluding carboxylic acids is 2. The lowest BCUT2D eigenvalue weighted by Gasteiger charge is -2.33. The van der Waals surface area contributed by atoms with Crippen LogP contribution in [-0.2, 0) is 16.1 Å². The van der Waals surface area contributed by atoms with Gasteiger partial charge in [0.2, 0.25) is 11.8 Å². The van der Waals surface area contributed by atoms with Crippen molar-refractivity contribution in [3.8, 4) is 11.5 Å². The highest BCUT2D eigenvalue weighted by atomic mass is 16.5. The maximum atomic E-state index is 14.3. The third kappa shape index (κ3) is 5.72. The van der Waals surface area contributed by atoms with E-state index in [2.05, 4.69) is 15.6 Å². The fourth-order valence-electron chi connectivity index (χ4n) is 5.18. The molecule has 9 nitrogen and oxygen atoms in total. The molecule has 1 aromatic heterocycles. The first-order valence-corrected chi connectivity index (χ1v) is 13.4. The summed E-state index contributed by atoms with van der Waals surface area (Å²) in [5.41, 5.74) is 2.56. The number of carbonyl (C=O) groups is 2. The molecule has 1 aliphatic carbocycles. The average molecular weight is 528 g/mol. The molecule has 3 aromatic carbocycles. The third-order valence-electron chi connectivity index (χ3n) is 7.03. The highest BCUT2D eigenvalue weighted by molar-refractivity contribution is 6.02. The minimum absolute atomic E-state index is 0.0702. The molecule has 1 saturated carbocycles. The summed E-state index contributed by atoms with van der Waals surface area (Å²) in [4.78, 5) is 29.9. The fourth-order valence-corrected chi connectivity index (χ4v) is 5.18. The first kappa shape index (κ1) is 26.2. The molecular weight excluding hydrogens is 494 g/mol. The molecular formula is C30H33N5O4. The lowest BCUT2D eigenvalue weighted by Crippen LogP contribution is -2.47. The Kier molecular flexibility index (Phi) is 8.05. The number of aromatic nitrogens is 3. The van der Waals surface area contributed by atoms with E-state index in [-0.39, 0.29) is 24.4 Å². The Labute approximate surface area is 227 Å². The number of nitrogens with one attached hydrogen (secondary N) is 1. The van der Waals surface area contributed by atoms with Gasteiger partial charge in [-0.1, -0.05) is 54.5 Å². The second-order valence-corrected chi connectivity index (χ2v) is 9.56. The zero-order valence-electron chi connectivity index (χ0n) is 22.2. The molecule has 0 spiro atoms. The van der Waals surface area contributed by atoms with Crippen molar-refractivity contribution < 1.29 is 19.1 Å². The molecule has 0 bridgehead atoms. The van der Waals surface area contributed by atoms with Crippen LogP contribution < -0.4 is 19.7 Å². The standard InChI is InChI=1S/C30H33N5O4/c1-3-39-27-18-9-6-15-24(27)29(30(37)31-21-11-4-5-12-21)35(22-13-10-14-23(19-22)38-2)28(36)20-34-26-17-8-7-16-25(26)32-33-34/h6-10,13-19,21,29H,3-5,11-12,20H2,1-2H3,(H,31,37)/t29-/m0/s1. The molecule has 0 saturated heterocycles. The summed E-state index contributed by atoms with van der Waals surface area (Å²) in [6, 6.07) is 21.1. The van der Waals surface area contributed by atoms with Crippen molar-refractivity contribution >= 4 is 28.5 Å². The first-order valence-electron chi connectivity index (χ1n) is 13.4. The molecule has 5 rings (SSSR count). The number of para-hydroxylation sites is 2. The monoisotopic (exact) mass is 527 g/mol. The Morgan fingerprint density at radius 3 is 2.62 bits per heavy atom. The van der Waals surface area contributed by atoms with Crippen molar-refractivity contribution in [3.05, 3.63) is 78.4 Å². The van der Waals surface area contributed by atoms with E-state index >= 15 is 0 Å². The van der Waals surface area contributed by atoms with Crippen LogP contribution in [0.5, 0.6) is 11.5 Å². The smallest absolute Gasteiger partial charge is 0.249 e. The molecule has 39 heavy (non-hydrogen) atoms. The van der Waals surface area contributed by atoms with Gasteiger partial charge in [0.1, 0.15) is 29.6 Å². The summed E-state index contributed by atoms with van der Waals surface area (Å²) >= 11 is 0. The van der Waals surface area contributed by atoms with Gasteiger partial charge in [-0.05, 0) is 50.1 Å². The van der Waals surface area contributed by atoms with E-state index in [1.54, 1.807) is 36.1 Å². The highest BCUT2D eigenvalue weighted by Gasteiger charge is 2.36. The quantitative estimate of drug-likeness (QED) is 0.322. The van der Waals surface area contributed by atoms with E-state index < -0.39 is 6.04 Å². The van der Waals surface area contributed by atoms with Crippen molar-refractivity contribution in [3.63, 3.8) is 0 Å². The van der Waals surface area contributed by atoms with Gasteiger partial charge in [-0.15, -0.1) is 5.10 Å². The van der Waals surface area contributed by atoms with Crippen LogP contribution in [0.4, 0.5) is 5.69 Å². The predicted octanol–water partition coefficient (Wildman–Crippen LogP) is 4.67. The normalized spacial score (nSPS) is 14.2. The molecule has 0 aliphatic heterocycles. The van der Waals surface area contributed by atoms with Crippen LogP contribution in [0.15, 0.2) is 72.8 Å². The Morgan fingerprint density at radius 2 is 1.82 bits per heavy atom. The van der Waals surface area contributed by atoms with Gasteiger partial charge in [0, 0.05) is 23.4 Å². The third-order valence-corrected chi connectivity index (χ3v) is 7.03. The number of hydrogen-bond acceptors (Lipinski definition) is 6. The van der Waals surface area contributed by atoms with Gasteiger partial charge in [0.05, 0.1) is 19.2 Å². The number of hydrogen-bond donors (Lipinski definition) is 1. The van der Waals surface area contributed by atoms with Gasteiger partial charge in [0.25, 0.3) is 0 Å². The van der Waals surface area contributed by atoms with E-state index in [4.69, 9.17) is 9.47 Å². The van der Waals surface area contributed by atoms with Gasteiger partial charge in [-0.2, -0.15) is 0 Å². The lowest BCUT2D eigenvalue weighted by molar-refractivity contribution is -0.127. The van der Waals surface area contributed by atoms with Crippen LogP contribution in [0.25, 0.3) is 11.0 Å². The number of anilines is 1. The van der Waals surface area contributed by atoms with Crippen LogP contribution in [0.1, 0.15) is 44.2 Å². The molecule has 4 aromatic rings. The largest absolute Gasteiger partial charge is 0.497 e. The van der Waals surface area contributed by atoms with E-state index in [0.717, 1.165) is 31.2 Å². The molecule has 1 aliphatic rings. The van der Waals surface area contributed by atoms with Crippen LogP contribution in [0.3, 0.4) is 0 Å². The van der Waals surface area contributed by atoms with E-state index in [1.165, 1.54) is 4.90 Å². The predicted molar refractivity (Wildman–Crippen MR) is 149 cm³/mol. The average Bonchev–Trinajstić information content (AvgIpc) is 3.62. The number of ether oxygens (including phenoxy) is 2. The highest BCUT2D eigenvalue weighted by Crippen LogP contribution is 2.35. The summed E-state index contributed by atoms with van der Waals surface area (Å²) in [6.07, 6.45) is 3.99. The maximum absolute atomic E-state index is 14.3. The minimum Gasteiger partial charge on any atom is -0.497 e. The van der Waals surface area contributed by atoms with Crippen molar-refractivity contribution in [2.75, 3.05) is 18.6 Å². The summed E-state index contributed by atoms with van der Waals surface area (Å²) < 4.78 is 13.0. The van der Waals surface area contributed by atoms with Gasteiger partial charge in [0.15, 0.2) is 0 Å². The second-order valence-electron chi connectivity index (χ2n) is 9.56. The second kappa shape index (κ2) is 12.0. The zero-order chi connectivity index (χ0) is 27.2. The molecule has 1 fully saturated rings. The van der Waals surface area contributed by atoms with Crippen molar-refractivity contribution in [1.29, 1.82) is 0 Å².